The first-order valence-electron chi connectivity index (χ1n) is 6.82. The minimum Gasteiger partial charge on any atom is -0.465 e. The number of esters is 2. The van der Waals surface area contributed by atoms with Gasteiger partial charge in [-0.25, -0.2) is 0 Å². The Morgan fingerprint density at radius 1 is 0.944 bits per heavy atom. The lowest BCUT2D eigenvalue weighted by molar-refractivity contribution is -0.165. The molecular formula is C14H26O4. The molecule has 18 heavy (non-hydrogen) atoms. The summed E-state index contributed by atoms with van der Waals surface area (Å²) in [5, 5.41) is 0. The molecule has 0 spiro atoms. The average molecular weight is 258 g/mol. The molecule has 1 atom stereocenters. The third-order valence-corrected chi connectivity index (χ3v) is 2.99. The van der Waals surface area contributed by atoms with Crippen molar-refractivity contribution >= 4 is 11.9 Å². The van der Waals surface area contributed by atoms with Crippen LogP contribution in [0.15, 0.2) is 0 Å². The number of hydrogen-bond acceptors (Lipinski definition) is 4. The number of rotatable bonds is 8. The zero-order valence-electron chi connectivity index (χ0n) is 12.2. The molecule has 0 radical (unpaired) electrons. The van der Waals surface area contributed by atoms with Crippen molar-refractivity contribution in [2.24, 2.45) is 17.8 Å². The van der Waals surface area contributed by atoms with Gasteiger partial charge in [-0.1, -0.05) is 27.2 Å². The summed E-state index contributed by atoms with van der Waals surface area (Å²) >= 11 is 0. The maximum absolute atomic E-state index is 12.0. The number of carbonyl (C=O) groups is 2. The summed E-state index contributed by atoms with van der Waals surface area (Å²) in [4.78, 5) is 23.9. The summed E-state index contributed by atoms with van der Waals surface area (Å²) in [5.74, 6) is -1.48. The van der Waals surface area contributed by atoms with E-state index in [0.29, 0.717) is 0 Å². The lowest BCUT2D eigenvalue weighted by Crippen LogP contribution is -2.36. The molecule has 0 aromatic rings. The summed E-state index contributed by atoms with van der Waals surface area (Å²) < 4.78 is 10.0. The molecule has 0 bridgehead atoms. The van der Waals surface area contributed by atoms with E-state index in [9.17, 15) is 9.59 Å². The first-order valence-corrected chi connectivity index (χ1v) is 6.82. The second-order valence-corrected chi connectivity index (χ2v) is 4.68. The Kier molecular flexibility index (Phi) is 8.42. The Bertz CT molecular complexity index is 243. The van der Waals surface area contributed by atoms with Crippen LogP contribution in [0.5, 0.6) is 0 Å². The van der Waals surface area contributed by atoms with Crippen LogP contribution in [0, 0.1) is 17.8 Å². The van der Waals surface area contributed by atoms with Crippen molar-refractivity contribution in [1.29, 1.82) is 0 Å². The largest absolute Gasteiger partial charge is 0.465 e. The van der Waals surface area contributed by atoms with E-state index in [1.807, 2.05) is 20.8 Å². The van der Waals surface area contributed by atoms with Crippen LogP contribution in [0.3, 0.4) is 0 Å². The molecule has 0 heterocycles. The molecule has 0 aliphatic carbocycles. The Morgan fingerprint density at radius 2 is 1.39 bits per heavy atom. The van der Waals surface area contributed by atoms with Crippen molar-refractivity contribution in [3.8, 4) is 0 Å². The molecule has 0 saturated carbocycles. The Labute approximate surface area is 110 Å². The molecule has 4 nitrogen and oxygen atoms in total. The highest BCUT2D eigenvalue weighted by molar-refractivity contribution is 5.95. The molecule has 0 fully saturated rings. The zero-order valence-corrected chi connectivity index (χ0v) is 12.2. The van der Waals surface area contributed by atoms with Crippen LogP contribution < -0.4 is 0 Å². The van der Waals surface area contributed by atoms with Crippen molar-refractivity contribution < 1.29 is 19.1 Å². The molecule has 4 heteroatoms. The number of hydrogen-bond donors (Lipinski definition) is 0. The molecule has 0 aliphatic heterocycles. The normalized spacial score (nSPS) is 12.6. The van der Waals surface area contributed by atoms with Crippen LogP contribution in [0.2, 0.25) is 0 Å². The number of ether oxygens (including phenoxy) is 2. The van der Waals surface area contributed by atoms with Gasteiger partial charge in [-0.15, -0.1) is 0 Å². The highest BCUT2D eigenvalue weighted by Gasteiger charge is 2.38. The van der Waals surface area contributed by atoms with E-state index in [4.69, 9.17) is 9.47 Å². The van der Waals surface area contributed by atoms with E-state index in [-0.39, 0.29) is 25.0 Å². The topological polar surface area (TPSA) is 52.6 Å². The predicted molar refractivity (Wildman–Crippen MR) is 70.0 cm³/mol. The molecule has 0 amide bonds. The van der Waals surface area contributed by atoms with Gasteiger partial charge < -0.3 is 9.47 Å². The SMILES string of the molecule is CCCC(C(C)C)C(C(=O)OCC)C(=O)OCC. The van der Waals surface area contributed by atoms with E-state index in [0.717, 1.165) is 12.8 Å². The van der Waals surface area contributed by atoms with E-state index < -0.39 is 17.9 Å². The van der Waals surface area contributed by atoms with Gasteiger partial charge in [0, 0.05) is 0 Å². The minimum atomic E-state index is -0.787. The fourth-order valence-electron chi connectivity index (χ4n) is 2.13. The second kappa shape index (κ2) is 8.95. The van der Waals surface area contributed by atoms with Crippen molar-refractivity contribution in [2.75, 3.05) is 13.2 Å². The van der Waals surface area contributed by atoms with Crippen LogP contribution in [-0.4, -0.2) is 25.2 Å². The van der Waals surface area contributed by atoms with E-state index in [2.05, 4.69) is 0 Å². The Balaban J connectivity index is 5.02. The predicted octanol–water partition coefficient (Wildman–Crippen LogP) is 2.80. The monoisotopic (exact) mass is 258 g/mol. The van der Waals surface area contributed by atoms with Gasteiger partial charge in [0.15, 0.2) is 5.92 Å². The smallest absolute Gasteiger partial charge is 0.320 e. The fraction of sp³-hybridized carbons (Fsp3) is 0.857. The molecule has 0 N–H and O–H groups in total. The van der Waals surface area contributed by atoms with Crippen molar-refractivity contribution in [3.63, 3.8) is 0 Å². The van der Waals surface area contributed by atoms with Crippen LogP contribution in [-0.2, 0) is 19.1 Å². The Morgan fingerprint density at radius 3 is 1.67 bits per heavy atom. The highest BCUT2D eigenvalue weighted by atomic mass is 16.6. The van der Waals surface area contributed by atoms with E-state index in [1.165, 1.54) is 0 Å². The molecule has 0 rings (SSSR count). The van der Waals surface area contributed by atoms with Gasteiger partial charge in [-0.3, -0.25) is 9.59 Å². The molecule has 106 valence electrons. The lowest BCUT2D eigenvalue weighted by Gasteiger charge is -2.26. The maximum Gasteiger partial charge on any atom is 0.320 e. The minimum absolute atomic E-state index is 0.0203. The van der Waals surface area contributed by atoms with Crippen LogP contribution >= 0.6 is 0 Å². The summed E-state index contributed by atoms with van der Waals surface area (Å²) in [7, 11) is 0. The zero-order chi connectivity index (χ0) is 14.1. The summed E-state index contributed by atoms with van der Waals surface area (Å²) in [5.41, 5.74) is 0. The van der Waals surface area contributed by atoms with Gasteiger partial charge in [0.2, 0.25) is 0 Å². The second-order valence-electron chi connectivity index (χ2n) is 4.68. The summed E-state index contributed by atoms with van der Waals surface area (Å²) in [6.07, 6.45) is 1.75. The first kappa shape index (κ1) is 16.9. The lowest BCUT2D eigenvalue weighted by atomic mass is 9.80. The average Bonchev–Trinajstić information content (AvgIpc) is 2.29. The van der Waals surface area contributed by atoms with E-state index in [1.54, 1.807) is 13.8 Å². The molecular weight excluding hydrogens is 232 g/mol. The van der Waals surface area contributed by atoms with Crippen LogP contribution in [0.4, 0.5) is 0 Å². The molecule has 1 unspecified atom stereocenters. The standard InChI is InChI=1S/C14H26O4/c1-6-9-11(10(4)5)12(13(15)17-7-2)14(16)18-8-3/h10-12H,6-9H2,1-5H3. The molecule has 0 aromatic heterocycles. The van der Waals surface area contributed by atoms with Gasteiger partial charge >= 0.3 is 11.9 Å². The van der Waals surface area contributed by atoms with Crippen molar-refractivity contribution in [2.45, 2.75) is 47.5 Å². The van der Waals surface area contributed by atoms with Crippen LogP contribution in [0.25, 0.3) is 0 Å². The first-order chi connectivity index (χ1) is 8.49. The molecule has 0 saturated heterocycles. The summed E-state index contributed by atoms with van der Waals surface area (Å²) in [6.45, 7) is 10.1. The highest BCUT2D eigenvalue weighted by Crippen LogP contribution is 2.28. The summed E-state index contributed by atoms with van der Waals surface area (Å²) in [6, 6.07) is 0. The van der Waals surface area contributed by atoms with E-state index >= 15 is 0 Å². The fourth-order valence-corrected chi connectivity index (χ4v) is 2.13. The van der Waals surface area contributed by atoms with Gasteiger partial charge in [0.05, 0.1) is 13.2 Å². The Hall–Kier alpha value is -1.06. The molecule has 0 aromatic carbocycles. The van der Waals surface area contributed by atoms with Crippen molar-refractivity contribution in [3.05, 3.63) is 0 Å². The van der Waals surface area contributed by atoms with Crippen LogP contribution in [0.1, 0.15) is 47.5 Å². The third kappa shape index (κ3) is 5.07. The van der Waals surface area contributed by atoms with Gasteiger partial charge in [-0.05, 0) is 32.1 Å². The van der Waals surface area contributed by atoms with Gasteiger partial charge in [0.1, 0.15) is 0 Å². The quantitative estimate of drug-likeness (QED) is 0.496. The maximum atomic E-state index is 12.0. The number of carbonyl (C=O) groups excluding carboxylic acids is 2. The third-order valence-electron chi connectivity index (χ3n) is 2.99. The van der Waals surface area contributed by atoms with Crippen molar-refractivity contribution in [1.82, 2.24) is 0 Å². The van der Waals surface area contributed by atoms with Gasteiger partial charge in [-0.2, -0.15) is 0 Å². The molecule has 0 aliphatic rings. The van der Waals surface area contributed by atoms with Gasteiger partial charge in [0.25, 0.3) is 0 Å².